The number of hydrogen-bond donors (Lipinski definition) is 4. The number of aromatic hydroxyl groups is 1. The van der Waals surface area contributed by atoms with Crippen molar-refractivity contribution in [1.29, 1.82) is 5.41 Å². The van der Waals surface area contributed by atoms with E-state index in [4.69, 9.17) is 11.1 Å². The summed E-state index contributed by atoms with van der Waals surface area (Å²) in [6.07, 6.45) is 0. The highest BCUT2D eigenvalue weighted by Crippen LogP contribution is 2.30. The van der Waals surface area contributed by atoms with Crippen molar-refractivity contribution in [2.75, 3.05) is 10.8 Å². The number of hydrogen-bond acceptors (Lipinski definition) is 6. The van der Waals surface area contributed by atoms with Gasteiger partial charge in [-0.1, -0.05) is 48.0 Å². The van der Waals surface area contributed by atoms with Gasteiger partial charge in [0, 0.05) is 16.8 Å². The van der Waals surface area contributed by atoms with Crippen molar-refractivity contribution < 1.29 is 23.1 Å². The third kappa shape index (κ3) is 6.36. The van der Waals surface area contributed by atoms with Crippen LogP contribution in [-0.2, 0) is 14.6 Å². The van der Waals surface area contributed by atoms with Crippen LogP contribution in [0.5, 0.6) is 5.75 Å². The molecule has 0 aliphatic heterocycles. The summed E-state index contributed by atoms with van der Waals surface area (Å²) in [6, 6.07) is 25.3. The number of aryl methyl sites for hydroxylation is 1. The van der Waals surface area contributed by atoms with Gasteiger partial charge in [-0.2, -0.15) is 0 Å². The number of carbonyl (C=O) groups is 2. The van der Waals surface area contributed by atoms with Gasteiger partial charge >= 0.3 is 0 Å². The summed E-state index contributed by atoms with van der Waals surface area (Å²) in [5, 5.41) is 19.9. The third-order valence-corrected chi connectivity index (χ3v) is 7.74. The molecule has 0 radical (unpaired) electrons. The zero-order valence-corrected chi connectivity index (χ0v) is 22.4. The number of benzene rings is 4. The number of phenolic OH excluding ortho intramolecular Hbond substituents is 1. The van der Waals surface area contributed by atoms with E-state index in [0.717, 1.165) is 5.56 Å². The van der Waals surface area contributed by atoms with Crippen LogP contribution in [0.4, 0.5) is 5.69 Å². The van der Waals surface area contributed by atoms with E-state index in [1.165, 1.54) is 41.3 Å². The van der Waals surface area contributed by atoms with E-state index < -0.39 is 33.6 Å². The van der Waals surface area contributed by atoms with Crippen LogP contribution < -0.4 is 16.0 Å². The van der Waals surface area contributed by atoms with Gasteiger partial charge in [0.2, 0.25) is 5.91 Å². The van der Waals surface area contributed by atoms with Gasteiger partial charge < -0.3 is 16.2 Å². The number of amidine groups is 1. The van der Waals surface area contributed by atoms with E-state index in [1.807, 2.05) is 6.92 Å². The van der Waals surface area contributed by atoms with Crippen LogP contribution in [0.25, 0.3) is 0 Å². The van der Waals surface area contributed by atoms with Gasteiger partial charge in [-0.05, 0) is 73.2 Å². The average Bonchev–Trinajstić information content (AvgIpc) is 2.95. The lowest BCUT2D eigenvalue weighted by molar-refractivity contribution is -0.122. The Morgan fingerprint density at radius 3 is 2.02 bits per heavy atom. The van der Waals surface area contributed by atoms with Crippen molar-refractivity contribution in [3.8, 4) is 5.75 Å². The van der Waals surface area contributed by atoms with Crippen LogP contribution in [0, 0.1) is 12.3 Å². The molecule has 0 spiro atoms. The Morgan fingerprint density at radius 1 is 0.875 bits per heavy atom. The summed E-state index contributed by atoms with van der Waals surface area (Å²) in [4.78, 5) is 29.0. The summed E-state index contributed by atoms with van der Waals surface area (Å²) in [6.45, 7) is 1.84. The topological polar surface area (TPSA) is 154 Å². The fourth-order valence-electron chi connectivity index (χ4n) is 4.07. The molecule has 10 heteroatoms. The highest BCUT2D eigenvalue weighted by atomic mass is 32.2. The molecule has 0 saturated carbocycles. The zero-order chi connectivity index (χ0) is 28.9. The second-order valence-corrected chi connectivity index (χ2v) is 11.1. The van der Waals surface area contributed by atoms with E-state index in [0.29, 0.717) is 16.8 Å². The molecule has 5 N–H and O–H groups in total. The number of anilines is 1. The Kier molecular flexibility index (Phi) is 8.30. The Hall–Kier alpha value is -4.96. The minimum atomic E-state index is -3.87. The van der Waals surface area contributed by atoms with E-state index in [1.54, 1.807) is 66.7 Å². The zero-order valence-electron chi connectivity index (χ0n) is 21.6. The second-order valence-electron chi connectivity index (χ2n) is 9.11. The summed E-state index contributed by atoms with van der Waals surface area (Å²) in [7, 11) is -3.87. The van der Waals surface area contributed by atoms with E-state index in [9.17, 15) is 23.1 Å². The molecule has 0 fully saturated rings. The predicted octanol–water partition coefficient (Wildman–Crippen LogP) is 3.92. The van der Waals surface area contributed by atoms with Crippen LogP contribution in [0.2, 0.25) is 0 Å². The van der Waals surface area contributed by atoms with Gasteiger partial charge in [-0.3, -0.25) is 19.9 Å². The number of rotatable bonds is 9. The Balaban J connectivity index is 1.77. The third-order valence-electron chi connectivity index (χ3n) is 6.23. The fraction of sp³-hybridized carbons (Fsp3) is 0.100. The highest BCUT2D eigenvalue weighted by Gasteiger charge is 2.34. The first-order chi connectivity index (χ1) is 19.1. The van der Waals surface area contributed by atoms with Crippen molar-refractivity contribution in [1.82, 2.24) is 5.32 Å². The molecule has 0 aromatic heterocycles. The maximum atomic E-state index is 13.9. The van der Waals surface area contributed by atoms with E-state index in [-0.39, 0.29) is 22.0 Å². The molecule has 0 heterocycles. The maximum absolute atomic E-state index is 13.9. The lowest BCUT2D eigenvalue weighted by atomic mass is 10.0. The predicted molar refractivity (Wildman–Crippen MR) is 153 cm³/mol. The van der Waals surface area contributed by atoms with Crippen molar-refractivity contribution in [3.05, 3.63) is 125 Å². The molecule has 0 saturated heterocycles. The van der Waals surface area contributed by atoms with Gasteiger partial charge in [0.15, 0.2) is 9.84 Å². The molecule has 204 valence electrons. The normalized spacial score (nSPS) is 11.8. The average molecular weight is 557 g/mol. The Morgan fingerprint density at radius 2 is 1.45 bits per heavy atom. The van der Waals surface area contributed by atoms with Crippen LogP contribution in [0.3, 0.4) is 0 Å². The summed E-state index contributed by atoms with van der Waals surface area (Å²) in [5.41, 5.74) is 7.86. The second kappa shape index (κ2) is 11.8. The number of phenols is 1. The van der Waals surface area contributed by atoms with Crippen molar-refractivity contribution >= 4 is 33.2 Å². The summed E-state index contributed by atoms with van der Waals surface area (Å²) < 4.78 is 26.0. The molecule has 1 unspecified atom stereocenters. The van der Waals surface area contributed by atoms with Crippen molar-refractivity contribution in [3.63, 3.8) is 0 Å². The number of nitrogens with zero attached hydrogens (tertiary/aromatic N) is 1. The quantitative estimate of drug-likeness (QED) is 0.181. The van der Waals surface area contributed by atoms with Gasteiger partial charge in [-0.25, -0.2) is 8.42 Å². The van der Waals surface area contributed by atoms with Gasteiger partial charge in [-0.15, -0.1) is 0 Å². The van der Waals surface area contributed by atoms with Crippen LogP contribution in [0.15, 0.2) is 108 Å². The molecule has 0 aliphatic rings. The monoisotopic (exact) mass is 556 g/mol. The number of nitrogens with one attached hydrogen (secondary N) is 2. The summed E-state index contributed by atoms with van der Waals surface area (Å²) >= 11 is 0. The molecule has 4 rings (SSSR count). The van der Waals surface area contributed by atoms with Crippen LogP contribution in [-0.4, -0.2) is 37.1 Å². The lowest BCUT2D eigenvalue weighted by Gasteiger charge is -2.31. The molecule has 9 nitrogen and oxygen atoms in total. The molecule has 4 aromatic carbocycles. The summed E-state index contributed by atoms with van der Waals surface area (Å²) in [5.74, 6) is -2.16. The molecule has 0 bridgehead atoms. The van der Waals surface area contributed by atoms with Gasteiger partial charge in [0.05, 0.1) is 4.90 Å². The Labute approximate surface area is 232 Å². The van der Waals surface area contributed by atoms with Gasteiger partial charge in [0.1, 0.15) is 23.5 Å². The first-order valence-corrected chi connectivity index (χ1v) is 13.9. The molecular weight excluding hydrogens is 528 g/mol. The number of nitrogens with two attached hydrogens (primary N) is 1. The van der Waals surface area contributed by atoms with Crippen LogP contribution in [0.1, 0.15) is 33.1 Å². The van der Waals surface area contributed by atoms with Crippen molar-refractivity contribution in [2.45, 2.75) is 17.9 Å². The molecular formula is C30H28N4O5S. The largest absolute Gasteiger partial charge is 0.508 e. The SMILES string of the molecule is Cc1ccc(S(=O)(=O)CNC(=O)C(c2ccccc2)N(C(=O)c2ccc(O)cc2)c2ccc(C(=N)N)cc2)cc1. The number of sulfone groups is 1. The first kappa shape index (κ1) is 28.1. The number of carbonyl (C=O) groups excluding carboxylic acids is 2. The first-order valence-electron chi connectivity index (χ1n) is 12.3. The van der Waals surface area contributed by atoms with Crippen LogP contribution >= 0.6 is 0 Å². The maximum Gasteiger partial charge on any atom is 0.259 e. The molecule has 2 amide bonds. The minimum absolute atomic E-state index is 0.0347. The smallest absolute Gasteiger partial charge is 0.259 e. The van der Waals surface area contributed by atoms with E-state index >= 15 is 0 Å². The number of nitrogen functional groups attached to an aromatic ring is 1. The molecule has 40 heavy (non-hydrogen) atoms. The Bertz CT molecular complexity index is 1620. The van der Waals surface area contributed by atoms with Crippen molar-refractivity contribution in [2.24, 2.45) is 5.73 Å². The molecule has 1 atom stereocenters. The standard InChI is InChI=1S/C30H28N4O5S/c1-20-7-17-26(18-8-20)40(38,39)19-33-29(36)27(21-5-3-2-4-6-21)34(24-13-9-22(10-14-24)28(31)32)30(37)23-11-15-25(35)16-12-23/h2-18,27,35H,19H2,1H3,(H3,31,32)(H,33,36). The molecule has 0 aliphatic carbocycles. The van der Waals surface area contributed by atoms with Gasteiger partial charge in [0.25, 0.3) is 5.91 Å². The minimum Gasteiger partial charge on any atom is -0.508 e. The fourth-order valence-corrected chi connectivity index (χ4v) is 5.12. The number of amides is 2. The van der Waals surface area contributed by atoms with E-state index in [2.05, 4.69) is 5.32 Å². The highest BCUT2D eigenvalue weighted by molar-refractivity contribution is 7.91. The molecule has 4 aromatic rings. The lowest BCUT2D eigenvalue weighted by Crippen LogP contribution is -2.45.